The summed E-state index contributed by atoms with van der Waals surface area (Å²) in [6, 6.07) is 0. The second-order valence-corrected chi connectivity index (χ2v) is 4.60. The number of esters is 1. The van der Waals surface area contributed by atoms with Gasteiger partial charge in [0.1, 0.15) is 5.54 Å². The minimum atomic E-state index is -0.816. The Morgan fingerprint density at radius 2 is 2.23 bits per heavy atom. The van der Waals surface area contributed by atoms with E-state index in [0.717, 1.165) is 17.9 Å². The van der Waals surface area contributed by atoms with Crippen LogP contribution >= 0.6 is 11.8 Å². The molecule has 0 bridgehead atoms. The molecule has 0 rings (SSSR count). The van der Waals surface area contributed by atoms with Gasteiger partial charge in [-0.3, -0.25) is 4.79 Å². The molecule has 0 aliphatic heterocycles. The monoisotopic (exact) mass is 205 g/mol. The minimum absolute atomic E-state index is 0.325. The van der Waals surface area contributed by atoms with Crippen molar-refractivity contribution in [2.24, 2.45) is 5.73 Å². The number of ether oxygens (including phenoxy) is 1. The summed E-state index contributed by atoms with van der Waals surface area (Å²) >= 11 is 1.86. The topological polar surface area (TPSA) is 52.3 Å². The van der Waals surface area contributed by atoms with E-state index in [1.807, 2.05) is 11.8 Å². The molecule has 13 heavy (non-hydrogen) atoms. The third-order valence-corrected chi connectivity index (χ3v) is 2.83. The Labute approximate surface area is 84.4 Å². The van der Waals surface area contributed by atoms with E-state index >= 15 is 0 Å². The fourth-order valence-corrected chi connectivity index (χ4v) is 1.66. The number of nitrogens with two attached hydrogens (primary N) is 1. The molecule has 0 aromatic carbocycles. The van der Waals surface area contributed by atoms with Crippen LogP contribution in [0.5, 0.6) is 0 Å². The fourth-order valence-electron chi connectivity index (χ4n) is 1.02. The molecule has 3 nitrogen and oxygen atoms in total. The number of carbonyl (C=O) groups excluding carboxylic acids is 1. The quantitative estimate of drug-likeness (QED) is 0.526. The van der Waals surface area contributed by atoms with Crippen molar-refractivity contribution in [2.45, 2.75) is 32.2 Å². The van der Waals surface area contributed by atoms with Gasteiger partial charge < -0.3 is 10.5 Å². The highest BCUT2D eigenvalue weighted by Gasteiger charge is 2.28. The third-order valence-electron chi connectivity index (χ3n) is 1.84. The van der Waals surface area contributed by atoms with E-state index in [1.165, 1.54) is 7.11 Å². The van der Waals surface area contributed by atoms with E-state index in [-0.39, 0.29) is 5.97 Å². The maximum absolute atomic E-state index is 11.1. The van der Waals surface area contributed by atoms with Gasteiger partial charge in [0.05, 0.1) is 7.11 Å². The largest absolute Gasteiger partial charge is 0.468 e. The lowest BCUT2D eigenvalue weighted by Gasteiger charge is -2.20. The molecule has 0 spiro atoms. The molecular formula is C9H19NO2S. The number of methoxy groups -OCH3 is 1. The molecule has 0 fully saturated rings. The highest BCUT2D eigenvalue weighted by Crippen LogP contribution is 2.13. The molecule has 1 atom stereocenters. The lowest BCUT2D eigenvalue weighted by molar-refractivity contribution is -0.146. The van der Waals surface area contributed by atoms with Gasteiger partial charge in [-0.1, -0.05) is 6.92 Å². The smallest absolute Gasteiger partial charge is 0.325 e. The maximum Gasteiger partial charge on any atom is 0.325 e. The van der Waals surface area contributed by atoms with Crippen molar-refractivity contribution >= 4 is 17.7 Å². The Kier molecular flexibility index (Phi) is 6.16. The molecule has 0 saturated carbocycles. The first-order chi connectivity index (χ1) is 6.04. The summed E-state index contributed by atoms with van der Waals surface area (Å²) in [7, 11) is 1.37. The predicted molar refractivity (Wildman–Crippen MR) is 56.8 cm³/mol. The van der Waals surface area contributed by atoms with E-state index in [4.69, 9.17) is 5.73 Å². The van der Waals surface area contributed by atoms with E-state index < -0.39 is 5.54 Å². The second-order valence-electron chi connectivity index (χ2n) is 3.21. The van der Waals surface area contributed by atoms with Crippen LogP contribution in [0.2, 0.25) is 0 Å². The molecule has 0 aliphatic rings. The molecule has 78 valence electrons. The molecule has 0 saturated heterocycles. The van der Waals surface area contributed by atoms with Crippen LogP contribution in [0.25, 0.3) is 0 Å². The zero-order valence-corrected chi connectivity index (χ0v) is 9.45. The van der Waals surface area contributed by atoms with Gasteiger partial charge in [-0.25, -0.2) is 0 Å². The first-order valence-electron chi connectivity index (χ1n) is 4.49. The first-order valence-corrected chi connectivity index (χ1v) is 5.65. The van der Waals surface area contributed by atoms with Gasteiger partial charge in [0.15, 0.2) is 0 Å². The van der Waals surface area contributed by atoms with Gasteiger partial charge in [0, 0.05) is 0 Å². The van der Waals surface area contributed by atoms with Crippen LogP contribution in [0, 0.1) is 0 Å². The van der Waals surface area contributed by atoms with Crippen molar-refractivity contribution in [1.82, 2.24) is 0 Å². The zero-order valence-electron chi connectivity index (χ0n) is 8.63. The van der Waals surface area contributed by atoms with Crippen molar-refractivity contribution < 1.29 is 9.53 Å². The number of hydrogen-bond acceptors (Lipinski definition) is 4. The van der Waals surface area contributed by atoms with Crippen molar-refractivity contribution in [2.75, 3.05) is 18.6 Å². The van der Waals surface area contributed by atoms with Crippen LogP contribution in [-0.4, -0.2) is 30.1 Å². The highest BCUT2D eigenvalue weighted by atomic mass is 32.2. The van der Waals surface area contributed by atoms with Crippen molar-refractivity contribution in [3.63, 3.8) is 0 Å². The molecule has 0 amide bonds. The molecule has 0 aliphatic carbocycles. The second kappa shape index (κ2) is 6.27. The van der Waals surface area contributed by atoms with Crippen LogP contribution in [0.1, 0.15) is 26.7 Å². The average molecular weight is 205 g/mol. The van der Waals surface area contributed by atoms with Gasteiger partial charge in [0.25, 0.3) is 0 Å². The van der Waals surface area contributed by atoms with E-state index in [2.05, 4.69) is 11.7 Å². The molecular weight excluding hydrogens is 186 g/mol. The van der Waals surface area contributed by atoms with Crippen LogP contribution < -0.4 is 5.73 Å². The molecule has 0 radical (unpaired) electrons. The summed E-state index contributed by atoms with van der Waals surface area (Å²) < 4.78 is 4.60. The molecule has 2 N–H and O–H groups in total. The Hall–Kier alpha value is -0.220. The highest BCUT2D eigenvalue weighted by molar-refractivity contribution is 7.99. The van der Waals surface area contributed by atoms with Gasteiger partial charge in [-0.15, -0.1) is 0 Å². The first kappa shape index (κ1) is 12.8. The Balaban J connectivity index is 3.69. The van der Waals surface area contributed by atoms with Crippen molar-refractivity contribution in [3.8, 4) is 0 Å². The minimum Gasteiger partial charge on any atom is -0.468 e. The predicted octanol–water partition coefficient (Wildman–Crippen LogP) is 1.41. The molecule has 0 aromatic heterocycles. The number of rotatable bonds is 6. The summed E-state index contributed by atoms with van der Waals surface area (Å²) in [5, 5.41) is 0. The Morgan fingerprint density at radius 1 is 1.62 bits per heavy atom. The van der Waals surface area contributed by atoms with Gasteiger partial charge in [0.2, 0.25) is 0 Å². The Bertz CT molecular complexity index is 160. The summed E-state index contributed by atoms with van der Waals surface area (Å²) in [5.74, 6) is 1.84. The fraction of sp³-hybridized carbons (Fsp3) is 0.889. The maximum atomic E-state index is 11.1. The lowest BCUT2D eigenvalue weighted by atomic mass is 9.98. The Morgan fingerprint density at radius 3 is 2.69 bits per heavy atom. The van der Waals surface area contributed by atoms with Gasteiger partial charge in [-0.05, 0) is 31.3 Å². The van der Waals surface area contributed by atoms with Crippen molar-refractivity contribution in [1.29, 1.82) is 0 Å². The van der Waals surface area contributed by atoms with Gasteiger partial charge >= 0.3 is 5.97 Å². The van der Waals surface area contributed by atoms with Gasteiger partial charge in [-0.2, -0.15) is 11.8 Å². The SMILES string of the molecule is CCSCCCC(C)(N)C(=O)OC. The summed E-state index contributed by atoms with van der Waals surface area (Å²) in [6.07, 6.45) is 1.65. The average Bonchev–Trinajstić information content (AvgIpc) is 2.11. The lowest BCUT2D eigenvalue weighted by Crippen LogP contribution is -2.45. The summed E-state index contributed by atoms with van der Waals surface area (Å²) in [6.45, 7) is 3.84. The van der Waals surface area contributed by atoms with E-state index in [9.17, 15) is 4.79 Å². The third kappa shape index (κ3) is 5.16. The molecule has 0 aromatic rings. The summed E-state index contributed by atoms with van der Waals surface area (Å²) in [5.41, 5.74) is 4.95. The molecule has 1 unspecified atom stereocenters. The van der Waals surface area contributed by atoms with E-state index in [0.29, 0.717) is 6.42 Å². The number of thioether (sulfide) groups is 1. The zero-order chi connectivity index (χ0) is 10.3. The number of carbonyl (C=O) groups is 1. The number of hydrogen-bond donors (Lipinski definition) is 1. The van der Waals surface area contributed by atoms with Crippen LogP contribution in [-0.2, 0) is 9.53 Å². The molecule has 4 heteroatoms. The van der Waals surface area contributed by atoms with E-state index in [1.54, 1.807) is 6.92 Å². The van der Waals surface area contributed by atoms with Crippen molar-refractivity contribution in [3.05, 3.63) is 0 Å². The standard InChI is InChI=1S/C9H19NO2S/c1-4-13-7-5-6-9(2,10)8(11)12-3/h4-7,10H2,1-3H3. The van der Waals surface area contributed by atoms with Crippen LogP contribution in [0.15, 0.2) is 0 Å². The normalized spacial score (nSPS) is 15.1. The molecule has 0 heterocycles. The summed E-state index contributed by atoms with van der Waals surface area (Å²) in [4.78, 5) is 11.1. The van der Waals surface area contributed by atoms with Crippen LogP contribution in [0.3, 0.4) is 0 Å². The van der Waals surface area contributed by atoms with Crippen LogP contribution in [0.4, 0.5) is 0 Å².